The number of thioether (sulfide) groups is 1. The monoisotopic (exact) mass is 280 g/mol. The fraction of sp³-hybridized carbons (Fsp3) is 0.923. The number of hydrogen-bond donors (Lipinski definition) is 0. The lowest BCUT2D eigenvalue weighted by molar-refractivity contribution is -0.155. The van der Waals surface area contributed by atoms with Crippen LogP contribution in [0.5, 0.6) is 0 Å². The number of hydrogen-bond acceptors (Lipinski definition) is 3. The summed E-state index contributed by atoms with van der Waals surface area (Å²) in [6.45, 7) is 7.44. The standard InChI is InChI=1S/C13H22F2O2S/c1-9(5-11(16)17-12(2,3)4)7-18-8-10-6-13(10,14)15/h9-10H,5-8H2,1-4H3/t9-,10?/m0/s1. The quantitative estimate of drug-likeness (QED) is 0.693. The Hall–Kier alpha value is -0.320. The third-order valence-corrected chi connectivity index (χ3v) is 4.06. The summed E-state index contributed by atoms with van der Waals surface area (Å²) < 4.78 is 30.5. The normalized spacial score (nSPS) is 23.6. The molecule has 106 valence electrons. The van der Waals surface area contributed by atoms with Gasteiger partial charge in [0.05, 0.1) is 0 Å². The summed E-state index contributed by atoms with van der Waals surface area (Å²) in [5, 5.41) is 0. The molecule has 1 unspecified atom stereocenters. The molecule has 1 aliphatic carbocycles. The van der Waals surface area contributed by atoms with Gasteiger partial charge in [0.2, 0.25) is 0 Å². The number of halogens is 2. The summed E-state index contributed by atoms with van der Waals surface area (Å²) in [5.41, 5.74) is -0.458. The predicted octanol–water partition coefficient (Wildman–Crippen LogP) is 3.74. The molecule has 0 bridgehead atoms. The van der Waals surface area contributed by atoms with E-state index in [1.165, 1.54) is 11.8 Å². The fourth-order valence-electron chi connectivity index (χ4n) is 1.59. The van der Waals surface area contributed by atoms with Crippen molar-refractivity contribution in [1.29, 1.82) is 0 Å². The second-order valence-corrected chi connectivity index (χ2v) is 7.17. The van der Waals surface area contributed by atoms with Crippen molar-refractivity contribution in [3.63, 3.8) is 0 Å². The summed E-state index contributed by atoms with van der Waals surface area (Å²) in [5.74, 6) is -1.71. The average molecular weight is 280 g/mol. The average Bonchev–Trinajstić information content (AvgIpc) is 2.69. The van der Waals surface area contributed by atoms with Crippen molar-refractivity contribution in [2.75, 3.05) is 11.5 Å². The molecule has 0 aromatic carbocycles. The maximum atomic E-state index is 12.6. The van der Waals surface area contributed by atoms with Crippen LogP contribution < -0.4 is 0 Å². The molecular formula is C13H22F2O2S. The van der Waals surface area contributed by atoms with Crippen molar-refractivity contribution in [3.05, 3.63) is 0 Å². The molecule has 1 fully saturated rings. The van der Waals surface area contributed by atoms with E-state index in [9.17, 15) is 13.6 Å². The van der Waals surface area contributed by atoms with Crippen LogP contribution in [0, 0.1) is 11.8 Å². The lowest BCUT2D eigenvalue weighted by atomic mass is 10.1. The molecule has 0 N–H and O–H groups in total. The van der Waals surface area contributed by atoms with Gasteiger partial charge in [-0.3, -0.25) is 4.79 Å². The van der Waals surface area contributed by atoms with E-state index in [-0.39, 0.29) is 18.3 Å². The lowest BCUT2D eigenvalue weighted by Crippen LogP contribution is -2.25. The first kappa shape index (κ1) is 15.7. The van der Waals surface area contributed by atoms with E-state index in [0.29, 0.717) is 12.2 Å². The number of ether oxygens (including phenoxy) is 1. The van der Waals surface area contributed by atoms with E-state index < -0.39 is 17.4 Å². The van der Waals surface area contributed by atoms with Gasteiger partial charge in [-0.25, -0.2) is 8.78 Å². The number of carbonyl (C=O) groups is 1. The van der Waals surface area contributed by atoms with Gasteiger partial charge in [-0.1, -0.05) is 6.92 Å². The Morgan fingerprint density at radius 3 is 2.50 bits per heavy atom. The summed E-state index contributed by atoms with van der Waals surface area (Å²) in [6, 6.07) is 0. The molecule has 0 radical (unpaired) electrons. The molecule has 0 spiro atoms. The zero-order chi connectivity index (χ0) is 14.0. The summed E-state index contributed by atoms with van der Waals surface area (Å²) in [4.78, 5) is 11.5. The highest BCUT2D eigenvalue weighted by Gasteiger charge is 2.56. The SMILES string of the molecule is C[C@H](CSCC1CC1(F)F)CC(=O)OC(C)(C)C. The molecule has 2 nitrogen and oxygen atoms in total. The highest BCUT2D eigenvalue weighted by Crippen LogP contribution is 2.50. The molecule has 0 amide bonds. The Balaban J connectivity index is 2.10. The smallest absolute Gasteiger partial charge is 0.306 e. The van der Waals surface area contributed by atoms with Crippen LogP contribution in [0.3, 0.4) is 0 Å². The van der Waals surface area contributed by atoms with Crippen LogP contribution >= 0.6 is 11.8 Å². The molecule has 0 aromatic rings. The molecule has 1 saturated carbocycles. The zero-order valence-electron chi connectivity index (χ0n) is 11.5. The predicted molar refractivity (Wildman–Crippen MR) is 70.0 cm³/mol. The van der Waals surface area contributed by atoms with Gasteiger partial charge < -0.3 is 4.74 Å². The molecule has 0 saturated heterocycles. The number of esters is 1. The van der Waals surface area contributed by atoms with Crippen LogP contribution in [0.4, 0.5) is 8.78 Å². The maximum Gasteiger partial charge on any atom is 0.306 e. The first-order valence-corrected chi connectivity index (χ1v) is 7.43. The van der Waals surface area contributed by atoms with E-state index in [1.807, 2.05) is 27.7 Å². The van der Waals surface area contributed by atoms with Crippen molar-refractivity contribution < 1.29 is 18.3 Å². The van der Waals surface area contributed by atoms with Gasteiger partial charge in [0.1, 0.15) is 5.60 Å². The van der Waals surface area contributed by atoms with Crippen LogP contribution in [-0.4, -0.2) is 29.0 Å². The summed E-state index contributed by atoms with van der Waals surface area (Å²) >= 11 is 1.51. The van der Waals surface area contributed by atoms with Crippen LogP contribution in [0.2, 0.25) is 0 Å². The summed E-state index contributed by atoms with van der Waals surface area (Å²) in [6.07, 6.45) is 0.381. The first-order chi connectivity index (χ1) is 8.10. The second-order valence-electron chi connectivity index (χ2n) is 6.10. The van der Waals surface area contributed by atoms with Crippen molar-refractivity contribution in [3.8, 4) is 0 Å². The molecule has 2 atom stereocenters. The van der Waals surface area contributed by atoms with Crippen LogP contribution in [0.25, 0.3) is 0 Å². The van der Waals surface area contributed by atoms with Crippen molar-refractivity contribution >= 4 is 17.7 Å². The van der Waals surface area contributed by atoms with Crippen molar-refractivity contribution in [1.82, 2.24) is 0 Å². The van der Waals surface area contributed by atoms with E-state index in [2.05, 4.69) is 0 Å². The molecule has 5 heteroatoms. The Bertz CT molecular complexity index is 300. The molecule has 0 heterocycles. The highest BCUT2D eigenvalue weighted by molar-refractivity contribution is 7.99. The lowest BCUT2D eigenvalue weighted by Gasteiger charge is -2.20. The maximum absolute atomic E-state index is 12.6. The van der Waals surface area contributed by atoms with Crippen molar-refractivity contribution in [2.24, 2.45) is 11.8 Å². The van der Waals surface area contributed by atoms with Crippen molar-refractivity contribution in [2.45, 2.75) is 52.1 Å². The Labute approximate surface area is 112 Å². The molecule has 0 aromatic heterocycles. The Kier molecular flexibility index (Phi) is 5.04. The van der Waals surface area contributed by atoms with Crippen LogP contribution in [0.1, 0.15) is 40.5 Å². The molecule has 1 rings (SSSR count). The molecule has 1 aliphatic rings. The Morgan fingerprint density at radius 2 is 2.06 bits per heavy atom. The number of rotatable bonds is 6. The molecule has 0 aliphatic heterocycles. The zero-order valence-corrected chi connectivity index (χ0v) is 12.3. The first-order valence-electron chi connectivity index (χ1n) is 6.27. The van der Waals surface area contributed by atoms with Gasteiger partial charge in [0.25, 0.3) is 5.92 Å². The topological polar surface area (TPSA) is 26.3 Å². The summed E-state index contributed by atoms with van der Waals surface area (Å²) in [7, 11) is 0. The van der Waals surface area contributed by atoms with E-state index >= 15 is 0 Å². The minimum Gasteiger partial charge on any atom is -0.460 e. The van der Waals surface area contributed by atoms with E-state index in [1.54, 1.807) is 0 Å². The number of carbonyl (C=O) groups excluding carboxylic acids is 1. The number of alkyl halides is 2. The third kappa shape index (κ3) is 6.03. The minimum atomic E-state index is -2.43. The minimum absolute atomic E-state index is 0.0282. The fourth-order valence-corrected chi connectivity index (χ4v) is 2.89. The van der Waals surface area contributed by atoms with E-state index in [4.69, 9.17) is 4.74 Å². The van der Waals surface area contributed by atoms with Gasteiger partial charge in [0.15, 0.2) is 0 Å². The van der Waals surface area contributed by atoms with Gasteiger partial charge in [0, 0.05) is 24.5 Å². The largest absolute Gasteiger partial charge is 0.460 e. The van der Waals surface area contributed by atoms with E-state index in [0.717, 1.165) is 5.75 Å². The van der Waals surface area contributed by atoms with Gasteiger partial charge in [-0.05, 0) is 32.4 Å². The highest BCUT2D eigenvalue weighted by atomic mass is 32.2. The molecular weight excluding hydrogens is 258 g/mol. The third-order valence-electron chi connectivity index (χ3n) is 2.61. The van der Waals surface area contributed by atoms with Gasteiger partial charge in [-0.15, -0.1) is 0 Å². The second kappa shape index (κ2) is 5.76. The Morgan fingerprint density at radius 1 is 1.50 bits per heavy atom. The van der Waals surface area contributed by atoms with Gasteiger partial charge in [-0.2, -0.15) is 11.8 Å². The van der Waals surface area contributed by atoms with Crippen LogP contribution in [0.15, 0.2) is 0 Å². The molecule has 18 heavy (non-hydrogen) atoms. The van der Waals surface area contributed by atoms with Crippen LogP contribution in [-0.2, 0) is 9.53 Å². The van der Waals surface area contributed by atoms with Gasteiger partial charge >= 0.3 is 5.97 Å².